The highest BCUT2D eigenvalue weighted by atomic mass is 32.1. The number of thiophene rings is 1. The molecule has 0 unspecified atom stereocenters. The smallest absolute Gasteiger partial charge is 0.235 e. The van der Waals surface area contributed by atoms with Gasteiger partial charge >= 0.3 is 0 Å². The van der Waals surface area contributed by atoms with Gasteiger partial charge in [0.1, 0.15) is 0 Å². The van der Waals surface area contributed by atoms with Gasteiger partial charge in [-0.1, -0.05) is 128 Å². The van der Waals surface area contributed by atoms with Crippen LogP contribution in [0.1, 0.15) is 17.4 Å². The predicted octanol–water partition coefficient (Wildman–Crippen LogP) is 11.6. The van der Waals surface area contributed by atoms with Gasteiger partial charge in [0.05, 0.1) is 26.9 Å². The van der Waals surface area contributed by atoms with Crippen LogP contribution < -0.4 is 0 Å². The van der Waals surface area contributed by atoms with E-state index in [1.807, 2.05) is 12.1 Å². The molecule has 0 saturated carbocycles. The first-order chi connectivity index (χ1) is 22.3. The van der Waals surface area contributed by atoms with Crippen LogP contribution in [0.15, 0.2) is 128 Å². The van der Waals surface area contributed by atoms with E-state index in [4.69, 9.17) is 9.97 Å². The first-order valence-electron chi connectivity index (χ1n) is 15.2. The topological polar surface area (TPSA) is 30.7 Å². The van der Waals surface area contributed by atoms with Crippen molar-refractivity contribution < 1.29 is 0 Å². The molecule has 0 N–H and O–H groups in total. The molecule has 3 nitrogen and oxygen atoms in total. The van der Waals surface area contributed by atoms with Crippen LogP contribution in [0.2, 0.25) is 0 Å². The molecule has 0 radical (unpaired) electrons. The summed E-state index contributed by atoms with van der Waals surface area (Å²) in [6, 6.07) is 40.8. The molecular formula is C41H27N3S. The summed E-state index contributed by atoms with van der Waals surface area (Å²) in [5.41, 5.74) is 6.37. The minimum atomic E-state index is 0.668. The van der Waals surface area contributed by atoms with Crippen LogP contribution >= 0.6 is 11.3 Å². The molecule has 9 rings (SSSR count). The summed E-state index contributed by atoms with van der Waals surface area (Å²) in [6.45, 7) is 6.28. The quantitative estimate of drug-likeness (QED) is 0.190. The molecule has 4 heteroatoms. The molecule has 9 aromatic rings. The zero-order valence-corrected chi connectivity index (χ0v) is 25.5. The van der Waals surface area contributed by atoms with Crippen LogP contribution in [-0.4, -0.2) is 14.5 Å². The fraction of sp³-hybridized carbons (Fsp3) is 0.0244. The highest BCUT2D eigenvalue weighted by Gasteiger charge is 2.24. The zero-order valence-electron chi connectivity index (χ0n) is 24.7. The van der Waals surface area contributed by atoms with Crippen LogP contribution in [0.5, 0.6) is 0 Å². The number of rotatable bonds is 4. The number of aromatic nitrogens is 3. The van der Waals surface area contributed by atoms with Crippen LogP contribution in [0.3, 0.4) is 0 Å². The van der Waals surface area contributed by atoms with Gasteiger partial charge in [-0.05, 0) is 35.2 Å². The highest BCUT2D eigenvalue weighted by Crippen LogP contribution is 2.47. The first kappa shape index (κ1) is 25.9. The molecular weight excluding hydrogens is 567 g/mol. The van der Waals surface area contributed by atoms with Crippen LogP contribution in [0.4, 0.5) is 0 Å². The molecule has 0 aliphatic carbocycles. The van der Waals surface area contributed by atoms with Crippen molar-refractivity contribution in [3.8, 4) is 17.2 Å². The van der Waals surface area contributed by atoms with Gasteiger partial charge in [-0.3, -0.25) is 4.57 Å². The van der Waals surface area contributed by atoms with Gasteiger partial charge in [0.2, 0.25) is 5.95 Å². The molecule has 0 saturated heterocycles. The molecule has 0 aliphatic heterocycles. The maximum Gasteiger partial charge on any atom is 0.235 e. The normalized spacial score (nSPS) is 12.1. The third kappa shape index (κ3) is 3.70. The Kier molecular flexibility index (Phi) is 5.74. The average molecular weight is 594 g/mol. The Balaban J connectivity index is 1.54. The molecule has 0 bridgehead atoms. The number of nitrogens with zero attached hydrogens (tertiary/aromatic N) is 3. The van der Waals surface area contributed by atoms with E-state index >= 15 is 0 Å². The second kappa shape index (κ2) is 9.98. The van der Waals surface area contributed by atoms with Gasteiger partial charge in [-0.15, -0.1) is 11.3 Å². The molecule has 0 amide bonds. The number of hydrogen-bond acceptors (Lipinski definition) is 3. The minimum absolute atomic E-state index is 0.668. The number of benzene rings is 6. The third-order valence-electron chi connectivity index (χ3n) is 8.87. The summed E-state index contributed by atoms with van der Waals surface area (Å²) in [7, 11) is 0. The van der Waals surface area contributed by atoms with E-state index < -0.39 is 0 Å². The molecule has 45 heavy (non-hydrogen) atoms. The van der Waals surface area contributed by atoms with Gasteiger partial charge in [0, 0.05) is 42.9 Å². The summed E-state index contributed by atoms with van der Waals surface area (Å²) < 4.78 is 3.52. The molecule has 0 fully saturated rings. The lowest BCUT2D eigenvalue weighted by molar-refractivity contribution is 1.02. The van der Waals surface area contributed by atoms with E-state index in [1.165, 1.54) is 37.2 Å². The number of allylic oxidation sites excluding steroid dienone is 1. The molecule has 0 spiro atoms. The average Bonchev–Trinajstić information content (AvgIpc) is 3.65. The highest BCUT2D eigenvalue weighted by molar-refractivity contribution is 7.21. The second-order valence-electron chi connectivity index (χ2n) is 11.3. The molecule has 3 heterocycles. The largest absolute Gasteiger partial charge is 0.276 e. The van der Waals surface area contributed by atoms with Crippen molar-refractivity contribution in [2.24, 2.45) is 0 Å². The Morgan fingerprint density at radius 1 is 0.667 bits per heavy atom. The zero-order chi connectivity index (χ0) is 30.1. The fourth-order valence-electron chi connectivity index (χ4n) is 7.00. The van der Waals surface area contributed by atoms with Crippen molar-refractivity contribution in [3.05, 3.63) is 138 Å². The SMILES string of the molecule is C=Cc1sc2c(c1/C=C\C)c1ccccc1c1c3ccccc3n(-c3nc(-c4ccccc4)c4ccc5ccccc5c4n3)c21. The standard InChI is InChI=1S/C41H27N3S/c1-3-14-31-34(4-2)45-40-36(31)29-20-11-10-19-28(29)35-30-21-12-13-22-33(30)44(39(35)40)41-42-37(26-16-6-5-7-17-26)32-24-23-25-15-8-9-18-27(25)38(32)43-41/h3-24H,2H2,1H3/b14-3-. The van der Waals surface area contributed by atoms with Crippen LogP contribution in [0, 0.1) is 0 Å². The van der Waals surface area contributed by atoms with Crippen molar-refractivity contribution in [2.75, 3.05) is 0 Å². The van der Waals surface area contributed by atoms with E-state index in [1.54, 1.807) is 11.3 Å². The lowest BCUT2D eigenvalue weighted by Crippen LogP contribution is -2.04. The molecule has 6 aromatic carbocycles. The maximum absolute atomic E-state index is 5.43. The van der Waals surface area contributed by atoms with Crippen molar-refractivity contribution in [1.82, 2.24) is 14.5 Å². The summed E-state index contributed by atoms with van der Waals surface area (Å²) in [5.74, 6) is 0.668. The minimum Gasteiger partial charge on any atom is -0.276 e. The van der Waals surface area contributed by atoms with Crippen molar-refractivity contribution in [2.45, 2.75) is 6.92 Å². The Morgan fingerprint density at radius 2 is 1.36 bits per heavy atom. The molecule has 212 valence electrons. The molecule has 0 atom stereocenters. The van der Waals surface area contributed by atoms with Gasteiger partial charge in [-0.2, -0.15) is 0 Å². The van der Waals surface area contributed by atoms with Gasteiger partial charge < -0.3 is 0 Å². The summed E-state index contributed by atoms with van der Waals surface area (Å²) in [6.07, 6.45) is 6.32. The molecule has 3 aromatic heterocycles. The lowest BCUT2D eigenvalue weighted by Gasteiger charge is -2.14. The number of fused-ring (bicyclic) bond motifs is 11. The van der Waals surface area contributed by atoms with Crippen molar-refractivity contribution >= 4 is 87.8 Å². The Morgan fingerprint density at radius 3 is 2.13 bits per heavy atom. The Hall–Kier alpha value is -5.58. The molecule has 0 aliphatic rings. The Bertz CT molecular complexity index is 2670. The summed E-state index contributed by atoms with van der Waals surface area (Å²) in [5, 5.41) is 9.45. The van der Waals surface area contributed by atoms with E-state index in [9.17, 15) is 0 Å². The Labute approximate surface area is 264 Å². The van der Waals surface area contributed by atoms with Crippen molar-refractivity contribution in [3.63, 3.8) is 0 Å². The third-order valence-corrected chi connectivity index (χ3v) is 10.1. The van der Waals surface area contributed by atoms with Crippen molar-refractivity contribution in [1.29, 1.82) is 0 Å². The van der Waals surface area contributed by atoms with Crippen LogP contribution in [0.25, 0.3) is 93.7 Å². The maximum atomic E-state index is 5.43. The van der Waals surface area contributed by atoms with E-state index in [2.05, 4.69) is 139 Å². The van der Waals surface area contributed by atoms with Crippen LogP contribution in [-0.2, 0) is 0 Å². The number of hydrogen-bond donors (Lipinski definition) is 0. The monoisotopic (exact) mass is 593 g/mol. The summed E-state index contributed by atoms with van der Waals surface area (Å²) in [4.78, 5) is 12.0. The number of para-hydroxylation sites is 1. The predicted molar refractivity (Wildman–Crippen MR) is 195 cm³/mol. The van der Waals surface area contributed by atoms with Gasteiger partial charge in [0.15, 0.2) is 0 Å². The fourth-order valence-corrected chi connectivity index (χ4v) is 8.20. The van der Waals surface area contributed by atoms with Gasteiger partial charge in [0.25, 0.3) is 0 Å². The van der Waals surface area contributed by atoms with E-state index in [0.29, 0.717) is 5.95 Å². The summed E-state index contributed by atoms with van der Waals surface area (Å²) >= 11 is 1.79. The lowest BCUT2D eigenvalue weighted by atomic mass is 9.97. The second-order valence-corrected chi connectivity index (χ2v) is 12.4. The first-order valence-corrected chi connectivity index (χ1v) is 16.0. The van der Waals surface area contributed by atoms with E-state index in [-0.39, 0.29) is 0 Å². The van der Waals surface area contributed by atoms with Gasteiger partial charge in [-0.25, -0.2) is 9.97 Å². The van der Waals surface area contributed by atoms with E-state index in [0.717, 1.165) is 48.8 Å².